The van der Waals surface area contributed by atoms with Gasteiger partial charge in [0.1, 0.15) is 0 Å². The molecule has 1 fully saturated rings. The quantitative estimate of drug-likeness (QED) is 0.552. The number of nitrogens with one attached hydrogen (secondary N) is 1. The van der Waals surface area contributed by atoms with E-state index < -0.39 is 0 Å². The molecule has 16 heavy (non-hydrogen) atoms. The van der Waals surface area contributed by atoms with E-state index in [-0.39, 0.29) is 17.4 Å². The highest BCUT2D eigenvalue weighted by Gasteiger charge is 2.32. The highest BCUT2D eigenvalue weighted by molar-refractivity contribution is 5.79. The Morgan fingerprint density at radius 1 is 1.62 bits per heavy atom. The van der Waals surface area contributed by atoms with Gasteiger partial charge in [0.15, 0.2) is 0 Å². The monoisotopic (exact) mass is 227 g/mol. The molecule has 1 rings (SSSR count). The van der Waals surface area contributed by atoms with Crippen molar-refractivity contribution in [1.82, 2.24) is 4.90 Å². The molecule has 0 aromatic heterocycles. The van der Waals surface area contributed by atoms with Gasteiger partial charge in [-0.3, -0.25) is 5.41 Å². The molecule has 1 heterocycles. The molecule has 0 saturated carbocycles. The van der Waals surface area contributed by atoms with Gasteiger partial charge < -0.3 is 15.4 Å². The molecule has 0 aromatic rings. The lowest BCUT2D eigenvalue weighted by molar-refractivity contribution is -0.0264. The molecule has 0 bridgehead atoms. The van der Waals surface area contributed by atoms with Crippen molar-refractivity contribution < 1.29 is 4.74 Å². The van der Waals surface area contributed by atoms with E-state index in [1.807, 2.05) is 6.92 Å². The van der Waals surface area contributed by atoms with E-state index in [1.165, 1.54) is 0 Å². The molecule has 2 atom stereocenters. The molecule has 0 aliphatic carbocycles. The standard InChI is InChI=1S/C12H25N3O/c1-9(11(13)14)7-15(4)8-10-5-6-12(2,3)16-10/h9-10H,5-8H2,1-4H3,(H3,13,14). The van der Waals surface area contributed by atoms with Crippen LogP contribution in [0.1, 0.15) is 33.6 Å². The molecule has 0 amide bonds. The van der Waals surface area contributed by atoms with E-state index in [0.717, 1.165) is 25.9 Å². The van der Waals surface area contributed by atoms with Crippen LogP contribution >= 0.6 is 0 Å². The minimum absolute atomic E-state index is 0.0394. The number of likely N-dealkylation sites (N-methyl/N-ethyl adjacent to an activating group) is 1. The summed E-state index contributed by atoms with van der Waals surface area (Å²) in [5, 5.41) is 7.36. The Morgan fingerprint density at radius 3 is 2.69 bits per heavy atom. The van der Waals surface area contributed by atoms with Crippen LogP contribution in [0.25, 0.3) is 0 Å². The number of hydrogen-bond acceptors (Lipinski definition) is 3. The molecular weight excluding hydrogens is 202 g/mol. The van der Waals surface area contributed by atoms with E-state index in [0.29, 0.717) is 6.10 Å². The van der Waals surface area contributed by atoms with Gasteiger partial charge in [0.05, 0.1) is 17.5 Å². The maximum atomic E-state index is 7.36. The zero-order chi connectivity index (χ0) is 12.3. The number of nitrogens with zero attached hydrogens (tertiary/aromatic N) is 1. The normalized spacial score (nSPS) is 25.9. The fraction of sp³-hybridized carbons (Fsp3) is 0.917. The second kappa shape index (κ2) is 5.15. The lowest BCUT2D eigenvalue weighted by Crippen LogP contribution is -2.37. The Hall–Kier alpha value is -0.610. The van der Waals surface area contributed by atoms with E-state index in [4.69, 9.17) is 15.9 Å². The maximum Gasteiger partial charge on any atom is 0.0947 e. The van der Waals surface area contributed by atoms with Crippen molar-refractivity contribution in [1.29, 1.82) is 5.41 Å². The summed E-state index contributed by atoms with van der Waals surface area (Å²) in [6.45, 7) is 8.03. The third kappa shape index (κ3) is 4.10. The predicted molar refractivity (Wildman–Crippen MR) is 66.8 cm³/mol. The van der Waals surface area contributed by atoms with E-state index >= 15 is 0 Å². The number of nitrogens with two attached hydrogens (primary N) is 1. The van der Waals surface area contributed by atoms with Crippen LogP contribution in [0.15, 0.2) is 0 Å². The molecule has 4 nitrogen and oxygen atoms in total. The van der Waals surface area contributed by atoms with Gasteiger partial charge in [0, 0.05) is 19.0 Å². The van der Waals surface area contributed by atoms with Gasteiger partial charge in [-0.15, -0.1) is 0 Å². The Kier molecular flexibility index (Phi) is 4.33. The maximum absolute atomic E-state index is 7.36. The average molecular weight is 227 g/mol. The van der Waals surface area contributed by atoms with Gasteiger partial charge in [-0.05, 0) is 33.7 Å². The lowest BCUT2D eigenvalue weighted by Gasteiger charge is -2.25. The van der Waals surface area contributed by atoms with Crippen LogP contribution in [-0.4, -0.2) is 42.6 Å². The zero-order valence-corrected chi connectivity index (χ0v) is 10.9. The summed E-state index contributed by atoms with van der Waals surface area (Å²) in [6.07, 6.45) is 2.60. The minimum atomic E-state index is 0.0394. The Bertz CT molecular complexity index is 253. The molecule has 1 aliphatic rings. The van der Waals surface area contributed by atoms with E-state index in [2.05, 4.69) is 25.8 Å². The van der Waals surface area contributed by atoms with Gasteiger partial charge in [0.25, 0.3) is 0 Å². The summed E-state index contributed by atoms with van der Waals surface area (Å²) in [5.41, 5.74) is 5.50. The molecule has 0 radical (unpaired) electrons. The van der Waals surface area contributed by atoms with Crippen molar-refractivity contribution in [3.05, 3.63) is 0 Å². The molecular formula is C12H25N3O. The molecule has 1 saturated heterocycles. The fourth-order valence-electron chi connectivity index (χ4n) is 2.19. The second-order valence-electron chi connectivity index (χ2n) is 5.62. The predicted octanol–water partition coefficient (Wildman–Crippen LogP) is 1.45. The zero-order valence-electron chi connectivity index (χ0n) is 10.9. The molecule has 1 aliphatic heterocycles. The number of ether oxygens (including phenoxy) is 1. The number of hydrogen-bond donors (Lipinski definition) is 2. The Labute approximate surface area is 98.6 Å². The van der Waals surface area contributed by atoms with Crippen LogP contribution in [0.5, 0.6) is 0 Å². The Balaban J connectivity index is 2.30. The Morgan fingerprint density at radius 2 is 2.25 bits per heavy atom. The summed E-state index contributed by atoms with van der Waals surface area (Å²) >= 11 is 0. The van der Waals surface area contributed by atoms with Crippen molar-refractivity contribution in [3.8, 4) is 0 Å². The largest absolute Gasteiger partial charge is 0.387 e. The van der Waals surface area contributed by atoms with Crippen LogP contribution in [0.3, 0.4) is 0 Å². The number of amidine groups is 1. The summed E-state index contributed by atoms with van der Waals surface area (Å²) in [7, 11) is 2.06. The van der Waals surface area contributed by atoms with Gasteiger partial charge in [-0.1, -0.05) is 6.92 Å². The van der Waals surface area contributed by atoms with Gasteiger partial charge in [0.2, 0.25) is 0 Å². The van der Waals surface area contributed by atoms with E-state index in [1.54, 1.807) is 0 Å². The molecule has 94 valence electrons. The smallest absolute Gasteiger partial charge is 0.0947 e. The highest BCUT2D eigenvalue weighted by Crippen LogP contribution is 2.29. The van der Waals surface area contributed by atoms with Crippen LogP contribution in [0.2, 0.25) is 0 Å². The van der Waals surface area contributed by atoms with Crippen molar-refractivity contribution in [2.24, 2.45) is 11.7 Å². The molecule has 0 spiro atoms. The van der Waals surface area contributed by atoms with Crippen molar-refractivity contribution in [2.45, 2.75) is 45.3 Å². The lowest BCUT2D eigenvalue weighted by atomic mass is 10.1. The van der Waals surface area contributed by atoms with Crippen LogP contribution in [0.4, 0.5) is 0 Å². The molecule has 3 N–H and O–H groups in total. The van der Waals surface area contributed by atoms with E-state index in [9.17, 15) is 0 Å². The van der Waals surface area contributed by atoms with Gasteiger partial charge in [-0.2, -0.15) is 0 Å². The van der Waals surface area contributed by atoms with Crippen molar-refractivity contribution in [3.63, 3.8) is 0 Å². The van der Waals surface area contributed by atoms with Gasteiger partial charge in [-0.25, -0.2) is 0 Å². The summed E-state index contributed by atoms with van der Waals surface area (Å²) < 4.78 is 5.93. The molecule has 0 aromatic carbocycles. The summed E-state index contributed by atoms with van der Waals surface area (Å²) in [6, 6.07) is 0. The van der Waals surface area contributed by atoms with Crippen LogP contribution in [-0.2, 0) is 4.74 Å². The average Bonchev–Trinajstić information content (AvgIpc) is 2.44. The first kappa shape index (κ1) is 13.5. The summed E-state index contributed by atoms with van der Waals surface area (Å²) in [4.78, 5) is 2.21. The first-order chi connectivity index (χ1) is 7.30. The van der Waals surface area contributed by atoms with Crippen LogP contribution in [0, 0.1) is 11.3 Å². The van der Waals surface area contributed by atoms with Crippen molar-refractivity contribution in [2.75, 3.05) is 20.1 Å². The topological polar surface area (TPSA) is 62.3 Å². The van der Waals surface area contributed by atoms with Crippen molar-refractivity contribution >= 4 is 5.84 Å². The van der Waals surface area contributed by atoms with Gasteiger partial charge >= 0.3 is 0 Å². The second-order valence-corrected chi connectivity index (χ2v) is 5.62. The first-order valence-electron chi connectivity index (χ1n) is 6.00. The third-order valence-electron chi connectivity index (χ3n) is 3.19. The first-order valence-corrected chi connectivity index (χ1v) is 6.00. The number of rotatable bonds is 5. The fourth-order valence-corrected chi connectivity index (χ4v) is 2.19. The highest BCUT2D eigenvalue weighted by atomic mass is 16.5. The third-order valence-corrected chi connectivity index (χ3v) is 3.19. The minimum Gasteiger partial charge on any atom is -0.387 e. The van der Waals surface area contributed by atoms with Crippen LogP contribution < -0.4 is 5.73 Å². The molecule has 4 heteroatoms. The SMILES string of the molecule is CC(CN(C)CC1CCC(C)(C)O1)C(=N)N. The summed E-state index contributed by atoms with van der Waals surface area (Å²) in [5.74, 6) is 0.388. The molecule has 2 unspecified atom stereocenters.